The molecule has 5 rings (SSSR count). The number of hydrogen-bond donors (Lipinski definition) is 1. The highest BCUT2D eigenvalue weighted by molar-refractivity contribution is 7.22. The normalized spacial score (nSPS) is 17.0. The lowest BCUT2D eigenvalue weighted by Gasteiger charge is -2.25. The maximum Gasteiger partial charge on any atom is 0.301 e. The van der Waals surface area contributed by atoms with Crippen LogP contribution in [-0.4, -0.2) is 36.0 Å². The number of ether oxygens (including phenoxy) is 2. The van der Waals surface area contributed by atoms with E-state index in [9.17, 15) is 14.7 Å². The number of benzene rings is 3. The molecule has 0 bridgehead atoms. The van der Waals surface area contributed by atoms with Crippen molar-refractivity contribution in [1.82, 2.24) is 4.98 Å². The van der Waals surface area contributed by atoms with Gasteiger partial charge < -0.3 is 14.6 Å². The minimum atomic E-state index is -1.01. The Kier molecular flexibility index (Phi) is 6.39. The van der Waals surface area contributed by atoms with Crippen LogP contribution in [0, 0.1) is 13.8 Å². The number of thiazole rings is 1. The van der Waals surface area contributed by atoms with Crippen LogP contribution in [0.1, 0.15) is 28.3 Å². The Morgan fingerprint density at radius 2 is 1.76 bits per heavy atom. The first-order valence-corrected chi connectivity index (χ1v) is 12.6. The number of anilines is 1. The summed E-state index contributed by atoms with van der Waals surface area (Å²) in [5.74, 6) is -1.01. The third-order valence-corrected chi connectivity index (χ3v) is 7.57. The van der Waals surface area contributed by atoms with Gasteiger partial charge in [0.05, 0.1) is 30.0 Å². The van der Waals surface area contributed by atoms with Gasteiger partial charge in [0.25, 0.3) is 5.78 Å². The Bertz CT molecular complexity index is 1590. The number of fused-ring (bicyclic) bond motifs is 1. The molecule has 1 unspecified atom stereocenters. The van der Waals surface area contributed by atoms with Gasteiger partial charge in [0, 0.05) is 16.1 Å². The third-order valence-electron chi connectivity index (χ3n) is 6.32. The summed E-state index contributed by atoms with van der Waals surface area (Å²) in [4.78, 5) is 33.2. The van der Waals surface area contributed by atoms with E-state index >= 15 is 0 Å². The zero-order chi connectivity index (χ0) is 26.4. The number of methoxy groups -OCH3 is 2. The summed E-state index contributed by atoms with van der Waals surface area (Å²) in [5, 5.41) is 12.2. The monoisotopic (exact) mass is 534 g/mol. The molecule has 0 radical (unpaired) electrons. The number of Topliss-reactive ketones (excluding diaryl/α,β-unsaturated/α-hetero) is 1. The van der Waals surface area contributed by atoms with E-state index in [1.54, 1.807) is 42.5 Å². The second kappa shape index (κ2) is 9.53. The van der Waals surface area contributed by atoms with Crippen LogP contribution in [0.4, 0.5) is 5.13 Å². The predicted molar refractivity (Wildman–Crippen MR) is 145 cm³/mol. The molecule has 0 aliphatic carbocycles. The number of amides is 1. The van der Waals surface area contributed by atoms with Crippen LogP contribution in [0.25, 0.3) is 16.0 Å². The van der Waals surface area contributed by atoms with Gasteiger partial charge in [0.15, 0.2) is 5.13 Å². The summed E-state index contributed by atoms with van der Waals surface area (Å²) < 4.78 is 11.9. The number of aliphatic hydroxyl groups excluding tert-OH is 1. The van der Waals surface area contributed by atoms with Crippen molar-refractivity contribution in [2.24, 2.45) is 0 Å². The minimum absolute atomic E-state index is 0.0777. The van der Waals surface area contributed by atoms with E-state index in [-0.39, 0.29) is 11.3 Å². The van der Waals surface area contributed by atoms with E-state index in [0.717, 1.165) is 21.3 Å². The topological polar surface area (TPSA) is 89.0 Å². The fourth-order valence-electron chi connectivity index (χ4n) is 4.60. The van der Waals surface area contributed by atoms with E-state index in [1.807, 2.05) is 26.0 Å². The zero-order valence-electron chi connectivity index (χ0n) is 20.5. The van der Waals surface area contributed by atoms with Crippen LogP contribution in [0.5, 0.6) is 11.5 Å². The fraction of sp³-hybridized carbons (Fsp3) is 0.179. The average molecular weight is 535 g/mol. The number of aromatic nitrogens is 1. The van der Waals surface area contributed by atoms with Crippen molar-refractivity contribution in [2.75, 3.05) is 19.1 Å². The standard InChI is InChI=1S/C28H23ClN2O5S/c1-14-11-15(2)23-21(12-14)37-28(30-23)31-24(19-13-18(35-3)9-10-20(19)36-4)22(26(33)27(31)34)25(32)16-5-7-17(29)8-6-16/h5-13,24,32H,1-4H3. The van der Waals surface area contributed by atoms with E-state index in [0.29, 0.717) is 32.8 Å². The fourth-order valence-corrected chi connectivity index (χ4v) is 5.90. The summed E-state index contributed by atoms with van der Waals surface area (Å²) >= 11 is 7.34. The van der Waals surface area contributed by atoms with Gasteiger partial charge in [-0.3, -0.25) is 14.5 Å². The lowest BCUT2D eigenvalue weighted by atomic mass is 9.94. The number of aryl methyl sites for hydroxylation is 2. The Labute approximate surface area is 222 Å². The number of aliphatic hydroxyl groups is 1. The summed E-state index contributed by atoms with van der Waals surface area (Å²) in [6, 6.07) is 14.5. The van der Waals surface area contributed by atoms with Crippen molar-refractivity contribution in [3.8, 4) is 11.5 Å². The molecule has 0 saturated carbocycles. The summed E-state index contributed by atoms with van der Waals surface area (Å²) in [6.45, 7) is 3.95. The quantitative estimate of drug-likeness (QED) is 0.186. The molecule has 0 spiro atoms. The maximum atomic E-state index is 13.6. The first-order valence-electron chi connectivity index (χ1n) is 11.4. The van der Waals surface area contributed by atoms with Gasteiger partial charge in [0.2, 0.25) is 0 Å². The lowest BCUT2D eigenvalue weighted by molar-refractivity contribution is -0.132. The predicted octanol–water partition coefficient (Wildman–Crippen LogP) is 6.21. The maximum absolute atomic E-state index is 13.6. The molecule has 1 amide bonds. The average Bonchev–Trinajstić information content (AvgIpc) is 3.42. The zero-order valence-corrected chi connectivity index (χ0v) is 22.1. The van der Waals surface area contributed by atoms with Gasteiger partial charge in [-0.2, -0.15) is 0 Å². The van der Waals surface area contributed by atoms with Gasteiger partial charge in [-0.1, -0.05) is 29.0 Å². The number of rotatable bonds is 5. The van der Waals surface area contributed by atoms with E-state index in [1.165, 1.54) is 30.5 Å². The largest absolute Gasteiger partial charge is 0.507 e. The Morgan fingerprint density at radius 1 is 1.03 bits per heavy atom. The Hall–Kier alpha value is -3.88. The summed E-state index contributed by atoms with van der Waals surface area (Å²) in [5.41, 5.74) is 3.53. The number of carbonyl (C=O) groups excluding carboxylic acids is 2. The van der Waals surface area contributed by atoms with Crippen LogP contribution in [-0.2, 0) is 9.59 Å². The second-order valence-corrected chi connectivity index (χ2v) is 10.2. The number of hydrogen-bond acceptors (Lipinski definition) is 7. The molecule has 37 heavy (non-hydrogen) atoms. The SMILES string of the molecule is COc1ccc(OC)c(C2C(=C(O)c3ccc(Cl)cc3)C(=O)C(=O)N2c2nc3c(C)cc(C)cc3s2)c1. The van der Waals surface area contributed by atoms with Gasteiger partial charge in [-0.25, -0.2) is 4.98 Å². The van der Waals surface area contributed by atoms with Crippen molar-refractivity contribution >= 4 is 55.7 Å². The van der Waals surface area contributed by atoms with Gasteiger partial charge in [-0.05, 0) is 73.5 Å². The van der Waals surface area contributed by atoms with Gasteiger partial charge in [0.1, 0.15) is 23.3 Å². The minimum Gasteiger partial charge on any atom is -0.507 e. The van der Waals surface area contributed by atoms with E-state index < -0.39 is 17.7 Å². The van der Waals surface area contributed by atoms with Crippen LogP contribution >= 0.6 is 22.9 Å². The summed E-state index contributed by atoms with van der Waals surface area (Å²) in [7, 11) is 3.02. The molecule has 1 aliphatic heterocycles. The second-order valence-electron chi connectivity index (χ2n) is 8.71. The van der Waals surface area contributed by atoms with Crippen molar-refractivity contribution in [3.05, 3.63) is 87.4 Å². The molecule has 9 heteroatoms. The van der Waals surface area contributed by atoms with Crippen molar-refractivity contribution < 1.29 is 24.2 Å². The van der Waals surface area contributed by atoms with Crippen LogP contribution in [0.3, 0.4) is 0 Å². The molecular weight excluding hydrogens is 512 g/mol. The molecule has 7 nitrogen and oxygen atoms in total. The first kappa shape index (κ1) is 24.8. The van der Waals surface area contributed by atoms with Crippen molar-refractivity contribution in [1.29, 1.82) is 0 Å². The molecule has 4 aromatic rings. The molecular formula is C28H23ClN2O5S. The number of carbonyl (C=O) groups is 2. The molecule has 1 atom stereocenters. The van der Waals surface area contributed by atoms with Crippen LogP contribution in [0.2, 0.25) is 5.02 Å². The highest BCUT2D eigenvalue weighted by Crippen LogP contribution is 2.47. The number of halogens is 1. The highest BCUT2D eigenvalue weighted by atomic mass is 35.5. The smallest absolute Gasteiger partial charge is 0.301 e. The molecule has 1 aromatic heterocycles. The lowest BCUT2D eigenvalue weighted by Crippen LogP contribution is -2.29. The number of ketones is 1. The molecule has 1 saturated heterocycles. The molecule has 1 fully saturated rings. The van der Waals surface area contributed by atoms with Crippen molar-refractivity contribution in [2.45, 2.75) is 19.9 Å². The number of nitrogens with zero attached hydrogens (tertiary/aromatic N) is 2. The highest BCUT2D eigenvalue weighted by Gasteiger charge is 2.49. The molecule has 1 N–H and O–H groups in total. The van der Waals surface area contributed by atoms with Gasteiger partial charge in [-0.15, -0.1) is 0 Å². The molecule has 2 heterocycles. The van der Waals surface area contributed by atoms with E-state index in [2.05, 4.69) is 0 Å². The van der Waals surface area contributed by atoms with Crippen molar-refractivity contribution in [3.63, 3.8) is 0 Å². The third kappa shape index (κ3) is 4.22. The van der Waals surface area contributed by atoms with Crippen LogP contribution in [0.15, 0.2) is 60.2 Å². The Balaban J connectivity index is 1.80. The first-order chi connectivity index (χ1) is 17.7. The van der Waals surface area contributed by atoms with Gasteiger partial charge >= 0.3 is 5.91 Å². The van der Waals surface area contributed by atoms with E-state index in [4.69, 9.17) is 26.1 Å². The molecule has 188 valence electrons. The molecule has 1 aliphatic rings. The molecule has 3 aromatic carbocycles. The Morgan fingerprint density at radius 3 is 2.43 bits per heavy atom. The van der Waals surface area contributed by atoms with Crippen LogP contribution < -0.4 is 14.4 Å². The summed E-state index contributed by atoms with van der Waals surface area (Å²) in [6.07, 6.45) is 0.